The number of nitrogens with one attached hydrogen (secondary N) is 1. The Kier molecular flexibility index (Phi) is 8.18. The first-order valence-corrected chi connectivity index (χ1v) is 13.1. The van der Waals surface area contributed by atoms with Gasteiger partial charge in [0.05, 0.1) is 17.4 Å². The van der Waals surface area contributed by atoms with Gasteiger partial charge in [0.15, 0.2) is 0 Å². The standard InChI is InChI=1S/C24H29ClN4O4S/c1-16(2)15-28(11-4-10-26)23(30)17(3)29-12-9-22(24(29)31)27-34(32,33)21-8-6-18-13-20(25)7-5-19(18)14-21/h5-8,13-14,16-17,22,27H,4,9,11-12,15H2,1-3H3. The molecule has 0 bridgehead atoms. The van der Waals surface area contributed by atoms with Crippen LogP contribution in [-0.2, 0) is 19.6 Å². The predicted octanol–water partition coefficient (Wildman–Crippen LogP) is 3.16. The van der Waals surface area contributed by atoms with Gasteiger partial charge in [-0.2, -0.15) is 9.98 Å². The van der Waals surface area contributed by atoms with E-state index in [0.29, 0.717) is 23.5 Å². The van der Waals surface area contributed by atoms with Crippen LogP contribution < -0.4 is 4.72 Å². The van der Waals surface area contributed by atoms with Gasteiger partial charge in [-0.1, -0.05) is 37.6 Å². The summed E-state index contributed by atoms with van der Waals surface area (Å²) in [5.74, 6) is -0.461. The van der Waals surface area contributed by atoms with Crippen LogP contribution in [-0.4, -0.2) is 61.7 Å². The maximum atomic E-state index is 13.1. The number of carbonyl (C=O) groups is 2. The summed E-state index contributed by atoms with van der Waals surface area (Å²) in [5.41, 5.74) is 0. The second kappa shape index (κ2) is 10.7. The molecule has 0 aliphatic carbocycles. The average Bonchev–Trinajstić information content (AvgIpc) is 3.14. The molecule has 2 atom stereocenters. The summed E-state index contributed by atoms with van der Waals surface area (Å²) in [6.07, 6.45) is 0.473. The molecule has 10 heteroatoms. The third kappa shape index (κ3) is 5.87. The Labute approximate surface area is 205 Å². The molecular formula is C24H29ClN4O4S. The van der Waals surface area contributed by atoms with Gasteiger partial charge in [0.1, 0.15) is 12.1 Å². The molecule has 8 nitrogen and oxygen atoms in total. The molecule has 2 amide bonds. The molecule has 1 saturated heterocycles. The molecule has 0 spiro atoms. The predicted molar refractivity (Wildman–Crippen MR) is 131 cm³/mol. The van der Waals surface area contributed by atoms with Crippen molar-refractivity contribution in [3.8, 4) is 6.07 Å². The summed E-state index contributed by atoms with van der Waals surface area (Å²) < 4.78 is 28.5. The number of carbonyl (C=O) groups excluding carboxylic acids is 2. The van der Waals surface area contributed by atoms with Crippen LogP contribution in [0.3, 0.4) is 0 Å². The van der Waals surface area contributed by atoms with Crippen molar-refractivity contribution in [1.82, 2.24) is 14.5 Å². The van der Waals surface area contributed by atoms with Crippen molar-refractivity contribution < 1.29 is 18.0 Å². The summed E-state index contributed by atoms with van der Waals surface area (Å²) in [7, 11) is -3.95. The molecule has 2 unspecified atom stereocenters. The zero-order valence-electron chi connectivity index (χ0n) is 19.5. The van der Waals surface area contributed by atoms with E-state index in [2.05, 4.69) is 4.72 Å². The van der Waals surface area contributed by atoms with Crippen LogP contribution in [0.25, 0.3) is 10.8 Å². The van der Waals surface area contributed by atoms with Crippen molar-refractivity contribution in [2.24, 2.45) is 5.92 Å². The normalized spacial score (nSPS) is 17.2. The molecule has 3 rings (SSSR count). The topological polar surface area (TPSA) is 111 Å². The third-order valence-electron chi connectivity index (χ3n) is 5.84. The van der Waals surface area contributed by atoms with Crippen molar-refractivity contribution in [3.63, 3.8) is 0 Å². The van der Waals surface area contributed by atoms with E-state index in [4.69, 9.17) is 16.9 Å². The molecule has 182 valence electrons. The van der Waals surface area contributed by atoms with E-state index in [1.54, 1.807) is 36.1 Å². The summed E-state index contributed by atoms with van der Waals surface area (Å²) in [6, 6.07) is 10.2. The molecule has 0 aromatic heterocycles. The van der Waals surface area contributed by atoms with E-state index in [1.807, 2.05) is 19.9 Å². The first kappa shape index (κ1) is 25.9. The van der Waals surface area contributed by atoms with Gasteiger partial charge in [0.25, 0.3) is 0 Å². The molecule has 34 heavy (non-hydrogen) atoms. The van der Waals surface area contributed by atoms with E-state index < -0.39 is 28.0 Å². The quantitative estimate of drug-likeness (QED) is 0.564. The minimum absolute atomic E-state index is 0.0531. The maximum Gasteiger partial charge on any atom is 0.245 e. The Hall–Kier alpha value is -2.67. The molecular weight excluding hydrogens is 476 g/mol. The second-order valence-corrected chi connectivity index (χ2v) is 11.1. The SMILES string of the molecule is CC(C)CN(CCC#N)C(=O)C(C)N1CCC(NS(=O)(=O)c2ccc3cc(Cl)ccc3c2)C1=O. The highest BCUT2D eigenvalue weighted by Gasteiger charge is 2.40. The van der Waals surface area contributed by atoms with Crippen LogP contribution in [0, 0.1) is 17.2 Å². The molecule has 1 N–H and O–H groups in total. The Morgan fingerprint density at radius 3 is 2.59 bits per heavy atom. The number of fused-ring (bicyclic) bond motifs is 1. The number of hydrogen-bond acceptors (Lipinski definition) is 5. The highest BCUT2D eigenvalue weighted by molar-refractivity contribution is 7.89. The summed E-state index contributed by atoms with van der Waals surface area (Å²) in [5, 5.41) is 11.0. The second-order valence-electron chi connectivity index (χ2n) is 8.91. The molecule has 1 fully saturated rings. The van der Waals surface area contributed by atoms with Crippen LogP contribution in [0.5, 0.6) is 0 Å². The maximum absolute atomic E-state index is 13.1. The van der Waals surface area contributed by atoms with E-state index in [9.17, 15) is 18.0 Å². The lowest BCUT2D eigenvalue weighted by atomic mass is 10.1. The van der Waals surface area contributed by atoms with Gasteiger partial charge >= 0.3 is 0 Å². The summed E-state index contributed by atoms with van der Waals surface area (Å²) >= 11 is 5.99. The first-order chi connectivity index (χ1) is 16.0. The van der Waals surface area contributed by atoms with Crippen molar-refractivity contribution in [2.75, 3.05) is 19.6 Å². The molecule has 1 aliphatic heterocycles. The smallest absolute Gasteiger partial charge is 0.245 e. The van der Waals surface area contributed by atoms with Gasteiger partial charge in [-0.3, -0.25) is 9.59 Å². The number of rotatable bonds is 9. The van der Waals surface area contributed by atoms with E-state index in [1.165, 1.54) is 17.0 Å². The Balaban J connectivity index is 1.72. The highest BCUT2D eigenvalue weighted by Crippen LogP contribution is 2.24. The third-order valence-corrected chi connectivity index (χ3v) is 7.54. The zero-order chi connectivity index (χ0) is 25.0. The largest absolute Gasteiger partial charge is 0.340 e. The molecule has 0 saturated carbocycles. The van der Waals surface area contributed by atoms with Gasteiger partial charge in [-0.15, -0.1) is 0 Å². The van der Waals surface area contributed by atoms with Crippen molar-refractivity contribution in [1.29, 1.82) is 5.26 Å². The van der Waals surface area contributed by atoms with E-state index in [0.717, 1.165) is 5.39 Å². The van der Waals surface area contributed by atoms with Crippen LogP contribution in [0.15, 0.2) is 41.3 Å². The van der Waals surface area contributed by atoms with Gasteiger partial charge in [0, 0.05) is 24.7 Å². The molecule has 2 aromatic carbocycles. The van der Waals surface area contributed by atoms with Gasteiger partial charge in [-0.05, 0) is 54.3 Å². The fraction of sp³-hybridized carbons (Fsp3) is 0.458. The lowest BCUT2D eigenvalue weighted by Crippen LogP contribution is -2.51. The monoisotopic (exact) mass is 504 g/mol. The number of hydrogen-bond donors (Lipinski definition) is 1. The number of sulfonamides is 1. The number of halogens is 1. The van der Waals surface area contributed by atoms with Gasteiger partial charge in [0.2, 0.25) is 21.8 Å². The van der Waals surface area contributed by atoms with Crippen molar-refractivity contribution in [2.45, 2.75) is 50.6 Å². The average molecular weight is 505 g/mol. The number of nitriles is 1. The molecule has 2 aromatic rings. The minimum atomic E-state index is -3.95. The highest BCUT2D eigenvalue weighted by atomic mass is 35.5. The van der Waals surface area contributed by atoms with Crippen LogP contribution >= 0.6 is 11.6 Å². The number of likely N-dealkylation sites (tertiary alicyclic amines) is 1. The first-order valence-electron chi connectivity index (χ1n) is 11.2. The van der Waals surface area contributed by atoms with Crippen molar-refractivity contribution >= 4 is 44.2 Å². The van der Waals surface area contributed by atoms with Crippen LogP contribution in [0.2, 0.25) is 5.02 Å². The fourth-order valence-electron chi connectivity index (χ4n) is 4.13. The lowest BCUT2D eigenvalue weighted by molar-refractivity contribution is -0.143. The molecule has 1 aliphatic rings. The molecule has 0 radical (unpaired) electrons. The number of benzene rings is 2. The van der Waals surface area contributed by atoms with E-state index in [-0.39, 0.29) is 36.1 Å². The van der Waals surface area contributed by atoms with Gasteiger partial charge < -0.3 is 9.80 Å². The Morgan fingerprint density at radius 2 is 1.91 bits per heavy atom. The van der Waals surface area contributed by atoms with Crippen molar-refractivity contribution in [3.05, 3.63) is 41.4 Å². The minimum Gasteiger partial charge on any atom is -0.340 e. The summed E-state index contributed by atoms with van der Waals surface area (Å²) in [6.45, 7) is 6.64. The zero-order valence-corrected chi connectivity index (χ0v) is 21.1. The molecule has 1 heterocycles. The summed E-state index contributed by atoms with van der Waals surface area (Å²) in [4.78, 5) is 29.2. The van der Waals surface area contributed by atoms with Crippen LogP contribution in [0.4, 0.5) is 0 Å². The van der Waals surface area contributed by atoms with Crippen LogP contribution in [0.1, 0.15) is 33.6 Å². The lowest BCUT2D eigenvalue weighted by Gasteiger charge is -2.31. The Morgan fingerprint density at radius 1 is 1.24 bits per heavy atom. The number of amides is 2. The number of nitrogens with zero attached hydrogens (tertiary/aromatic N) is 3. The van der Waals surface area contributed by atoms with Gasteiger partial charge in [-0.25, -0.2) is 8.42 Å². The Bertz CT molecular complexity index is 1230. The fourth-order valence-corrected chi connectivity index (χ4v) is 5.57. The van der Waals surface area contributed by atoms with E-state index >= 15 is 0 Å².